The number of hydrogen-bond donors (Lipinski definition) is 0. The van der Waals surface area contributed by atoms with Gasteiger partial charge in [0.05, 0.1) is 48.5 Å². The summed E-state index contributed by atoms with van der Waals surface area (Å²) in [5.74, 6) is 1.75. The first kappa shape index (κ1) is 51.2. The van der Waals surface area contributed by atoms with Crippen LogP contribution in [0.1, 0.15) is 0 Å². The van der Waals surface area contributed by atoms with E-state index in [1.165, 1.54) is 99.9 Å². The summed E-state index contributed by atoms with van der Waals surface area (Å²) in [6.07, 6.45) is 0. The lowest BCUT2D eigenvalue weighted by molar-refractivity contribution is 0.957. The molecule has 20 aromatic rings. The molecule has 8 heteroatoms. The maximum absolute atomic E-state index is 5.68. The third kappa shape index (κ3) is 7.59. The monoisotopic (exact) mass is 1200 g/mol. The largest absolute Gasteiger partial charge is 0.307 e. The van der Waals surface area contributed by atoms with Gasteiger partial charge < -0.3 is 4.57 Å². The van der Waals surface area contributed by atoms with Gasteiger partial charge in [-0.05, 0) is 79.8 Å². The summed E-state index contributed by atoms with van der Waals surface area (Å²) in [6.45, 7) is 0. The molecule has 20 rings (SSSR count). The topological polar surface area (TPSA) is 61.4 Å². The van der Waals surface area contributed by atoms with Gasteiger partial charge in [0.25, 0.3) is 0 Å². The SMILES string of the molecule is c1ccc(-c2cc(-n3c4c5ccccc5ccc4c4c5cc(-c6cccc(-c7nc(-c8ccccc8)nc(-n8c9c%10ccccc%10ccc9c9c%10ccccc%10c%10c%11ccccc%11sc%10c98)n7)c6)ccc5c5c6ccccc6sc5c43)cc(-c3ccccc3)n2)cc1. The molecular weight excluding hydrogens is 1160 g/mol. The molecule has 0 fully saturated rings. The number of benzene rings is 14. The third-order valence-electron chi connectivity index (χ3n) is 18.9. The first-order valence-corrected chi connectivity index (χ1v) is 32.7. The maximum atomic E-state index is 5.68. The molecule has 0 aliphatic heterocycles. The summed E-state index contributed by atoms with van der Waals surface area (Å²) in [5.41, 5.74) is 13.5. The second-order valence-corrected chi connectivity index (χ2v) is 26.1. The average molecular weight is 1210 g/mol. The Kier molecular flexibility index (Phi) is 11.1. The zero-order valence-electron chi connectivity index (χ0n) is 49.2. The van der Waals surface area contributed by atoms with Crippen molar-refractivity contribution in [3.63, 3.8) is 0 Å². The van der Waals surface area contributed by atoms with Crippen LogP contribution in [0.4, 0.5) is 0 Å². The predicted molar refractivity (Wildman–Crippen MR) is 389 cm³/mol. The molecule has 0 spiro atoms. The summed E-state index contributed by atoms with van der Waals surface area (Å²) in [6, 6.07) is 106. The lowest BCUT2D eigenvalue weighted by Gasteiger charge is -2.15. The Morgan fingerprint density at radius 1 is 0.239 bits per heavy atom. The van der Waals surface area contributed by atoms with Gasteiger partial charge in [0.15, 0.2) is 11.6 Å². The number of thiophene rings is 2. The highest BCUT2D eigenvalue weighted by molar-refractivity contribution is 7.27. The Bertz CT molecular complexity index is 6440. The van der Waals surface area contributed by atoms with E-state index in [0.29, 0.717) is 17.6 Å². The van der Waals surface area contributed by atoms with Gasteiger partial charge in [-0.3, -0.25) is 4.57 Å². The third-order valence-corrected chi connectivity index (χ3v) is 21.2. The summed E-state index contributed by atoms with van der Waals surface area (Å²) in [4.78, 5) is 22.1. The van der Waals surface area contributed by atoms with Gasteiger partial charge in [0.2, 0.25) is 5.95 Å². The zero-order valence-corrected chi connectivity index (χ0v) is 50.8. The molecule has 0 saturated heterocycles. The van der Waals surface area contributed by atoms with Gasteiger partial charge in [-0.25, -0.2) is 9.97 Å². The van der Waals surface area contributed by atoms with Gasteiger partial charge in [-0.15, -0.1) is 22.7 Å². The fraction of sp³-hybridized carbons (Fsp3) is 0. The van der Waals surface area contributed by atoms with Crippen molar-refractivity contribution >= 4 is 150 Å². The molecule has 0 radical (unpaired) electrons. The van der Waals surface area contributed by atoms with Crippen LogP contribution in [-0.4, -0.2) is 29.1 Å². The van der Waals surface area contributed by atoms with Crippen molar-refractivity contribution in [3.05, 3.63) is 291 Å². The maximum Gasteiger partial charge on any atom is 0.238 e. The van der Waals surface area contributed by atoms with Crippen LogP contribution >= 0.6 is 22.7 Å². The lowest BCUT2D eigenvalue weighted by atomic mass is 9.94. The van der Waals surface area contributed by atoms with Gasteiger partial charge in [-0.2, -0.15) is 9.97 Å². The number of pyridine rings is 1. The van der Waals surface area contributed by atoms with Crippen LogP contribution in [0, 0.1) is 0 Å². The van der Waals surface area contributed by atoms with E-state index in [2.05, 4.69) is 294 Å². The highest BCUT2D eigenvalue weighted by Gasteiger charge is 2.28. The van der Waals surface area contributed by atoms with Crippen molar-refractivity contribution in [2.45, 2.75) is 0 Å². The van der Waals surface area contributed by atoms with E-state index in [1.54, 1.807) is 0 Å². The van der Waals surface area contributed by atoms with Gasteiger partial charge in [0, 0.05) is 85.5 Å². The molecule has 0 unspecified atom stereocenters. The molecule has 14 aromatic carbocycles. The number of fused-ring (bicyclic) bond motifs is 24. The van der Waals surface area contributed by atoms with Crippen molar-refractivity contribution in [1.29, 1.82) is 0 Å². The second-order valence-electron chi connectivity index (χ2n) is 24.0. The standard InChI is InChI=1S/C84H48N6S2/c1-4-23-51(24-5-1)68-47-57(48-69(85-68)52-25-6-2-7-26-52)89-76-58-31-12-10-21-49(58)40-44-66(76)73-67-46-55(41-42-62(67)75-64-36-17-19-38-71(64)91-80(75)78(73)89)54-29-20-30-56(45-54)83-86-82(53-27-8-3-9-28-53)87-84(88-83)90-77-59-32-13-11-22-50(59)39-43-65(77)72-60-33-14-15-34-61(60)74-63-35-16-18-37-70(63)92-81(74)79(72)90/h1-48H. The van der Waals surface area contributed by atoms with E-state index < -0.39 is 0 Å². The van der Waals surface area contributed by atoms with E-state index in [0.717, 1.165) is 77.6 Å². The lowest BCUT2D eigenvalue weighted by Crippen LogP contribution is -2.06. The Labute approximate surface area is 534 Å². The molecule has 426 valence electrons. The summed E-state index contributed by atoms with van der Waals surface area (Å²) in [7, 11) is 0. The molecule has 92 heavy (non-hydrogen) atoms. The van der Waals surface area contributed by atoms with Crippen LogP contribution in [0.2, 0.25) is 0 Å². The number of aromatic nitrogens is 6. The fourth-order valence-electron chi connectivity index (χ4n) is 14.9. The summed E-state index contributed by atoms with van der Waals surface area (Å²) >= 11 is 3.73. The molecule has 0 aliphatic rings. The molecular formula is C84H48N6S2. The molecule has 6 heterocycles. The van der Waals surface area contributed by atoms with E-state index in [9.17, 15) is 0 Å². The minimum Gasteiger partial charge on any atom is -0.307 e. The molecule has 6 nitrogen and oxygen atoms in total. The van der Waals surface area contributed by atoms with Crippen molar-refractivity contribution in [2.75, 3.05) is 0 Å². The summed E-state index contributed by atoms with van der Waals surface area (Å²) < 4.78 is 9.87. The van der Waals surface area contributed by atoms with Crippen molar-refractivity contribution in [2.24, 2.45) is 0 Å². The Hall–Kier alpha value is -11.7. The van der Waals surface area contributed by atoms with Crippen molar-refractivity contribution in [1.82, 2.24) is 29.1 Å². The van der Waals surface area contributed by atoms with Gasteiger partial charge in [0.1, 0.15) is 0 Å². The highest BCUT2D eigenvalue weighted by Crippen LogP contribution is 2.52. The van der Waals surface area contributed by atoms with Crippen molar-refractivity contribution < 1.29 is 0 Å². The molecule has 0 N–H and O–H groups in total. The van der Waals surface area contributed by atoms with Crippen LogP contribution in [-0.2, 0) is 0 Å². The number of hydrogen-bond acceptors (Lipinski definition) is 6. The molecule has 0 atom stereocenters. The predicted octanol–water partition coefficient (Wildman–Crippen LogP) is 23.1. The van der Waals surface area contributed by atoms with E-state index in [1.807, 2.05) is 28.7 Å². The first-order chi connectivity index (χ1) is 45.6. The fourth-order valence-corrected chi connectivity index (χ4v) is 17.4. The smallest absolute Gasteiger partial charge is 0.238 e. The van der Waals surface area contributed by atoms with E-state index in [4.69, 9.17) is 19.9 Å². The van der Waals surface area contributed by atoms with Gasteiger partial charge in [-0.1, -0.05) is 255 Å². The average Bonchev–Trinajstić information content (AvgIpc) is 1.53. The quantitative estimate of drug-likeness (QED) is 0.160. The first-order valence-electron chi connectivity index (χ1n) is 31.1. The van der Waals surface area contributed by atoms with Gasteiger partial charge >= 0.3 is 0 Å². The minimum absolute atomic E-state index is 0.564. The van der Waals surface area contributed by atoms with E-state index in [-0.39, 0.29) is 0 Å². The van der Waals surface area contributed by atoms with Crippen LogP contribution in [0.25, 0.3) is 195 Å². The molecule has 0 aliphatic carbocycles. The molecule has 0 amide bonds. The summed E-state index contributed by atoms with van der Waals surface area (Å²) in [5, 5.41) is 19.3. The zero-order chi connectivity index (χ0) is 60.1. The molecule has 6 aromatic heterocycles. The Morgan fingerprint density at radius 3 is 1.26 bits per heavy atom. The van der Waals surface area contributed by atoms with Crippen LogP contribution in [0.15, 0.2) is 291 Å². The minimum atomic E-state index is 0.564. The molecule has 0 saturated carbocycles. The second kappa shape index (κ2) is 19.9. The van der Waals surface area contributed by atoms with Crippen LogP contribution < -0.4 is 0 Å². The number of rotatable bonds is 7. The highest BCUT2D eigenvalue weighted by atomic mass is 32.1. The van der Waals surface area contributed by atoms with Crippen LogP contribution in [0.5, 0.6) is 0 Å². The Morgan fingerprint density at radius 2 is 0.663 bits per heavy atom. The van der Waals surface area contributed by atoms with Crippen molar-refractivity contribution in [3.8, 4) is 68.1 Å². The van der Waals surface area contributed by atoms with Crippen LogP contribution in [0.3, 0.4) is 0 Å². The normalized spacial score (nSPS) is 12.1. The number of nitrogens with zero attached hydrogens (tertiary/aromatic N) is 6. The molecule has 0 bridgehead atoms. The van der Waals surface area contributed by atoms with E-state index >= 15 is 0 Å². The Balaban J connectivity index is 0.852.